The number of nitrogens with zero attached hydrogens (tertiary/aromatic N) is 1. The number of carbonyl (C=O) groups is 1. The van der Waals surface area contributed by atoms with Gasteiger partial charge in [0.25, 0.3) is 0 Å². The van der Waals surface area contributed by atoms with Gasteiger partial charge in [0.15, 0.2) is 5.89 Å². The molecule has 0 saturated heterocycles. The highest BCUT2D eigenvalue weighted by molar-refractivity contribution is 5.87. The molecule has 0 aromatic carbocycles. The molecule has 0 bridgehead atoms. The van der Waals surface area contributed by atoms with Crippen LogP contribution in [0.5, 0.6) is 0 Å². The second kappa shape index (κ2) is 6.42. The van der Waals surface area contributed by atoms with E-state index >= 15 is 0 Å². The van der Waals surface area contributed by atoms with Gasteiger partial charge in [-0.2, -0.15) is 0 Å². The Hall–Kier alpha value is -1.32. The maximum atomic E-state index is 12.0. The summed E-state index contributed by atoms with van der Waals surface area (Å²) in [4.78, 5) is 16.6. The molecule has 4 heteroatoms. The number of carbonyl (C=O) groups excluding carboxylic acids is 1. The van der Waals surface area contributed by atoms with Crippen molar-refractivity contribution in [1.29, 1.82) is 0 Å². The average Bonchev–Trinajstić information content (AvgIpc) is 2.95. The van der Waals surface area contributed by atoms with E-state index in [1.807, 2.05) is 0 Å². The van der Waals surface area contributed by atoms with Gasteiger partial charge in [0, 0.05) is 5.92 Å². The smallest absolute Gasteiger partial charge is 0.376 e. The number of rotatable bonds is 5. The Labute approximate surface area is 120 Å². The quantitative estimate of drug-likeness (QED) is 0.766. The minimum absolute atomic E-state index is 0.314. The normalized spacial score (nSPS) is 22.4. The fourth-order valence-electron chi connectivity index (χ4n) is 2.92. The molecule has 1 aromatic heterocycles. The van der Waals surface area contributed by atoms with E-state index in [1.54, 1.807) is 6.92 Å². The summed E-state index contributed by atoms with van der Waals surface area (Å²) in [6.45, 7) is 8.61. The Morgan fingerprint density at radius 3 is 2.75 bits per heavy atom. The summed E-state index contributed by atoms with van der Waals surface area (Å²) < 4.78 is 10.9. The molecule has 2 unspecified atom stereocenters. The Morgan fingerprint density at radius 2 is 2.20 bits per heavy atom. The van der Waals surface area contributed by atoms with Crippen LogP contribution < -0.4 is 0 Å². The molecule has 1 aliphatic rings. The van der Waals surface area contributed by atoms with E-state index < -0.39 is 0 Å². The molecule has 1 aromatic rings. The zero-order valence-electron chi connectivity index (χ0n) is 12.9. The van der Waals surface area contributed by atoms with Crippen LogP contribution in [-0.4, -0.2) is 17.6 Å². The summed E-state index contributed by atoms with van der Waals surface area (Å²) in [6, 6.07) is 0. The van der Waals surface area contributed by atoms with E-state index in [2.05, 4.69) is 25.8 Å². The molecule has 0 N–H and O–H groups in total. The largest absolute Gasteiger partial charge is 0.460 e. The number of hydrogen-bond acceptors (Lipinski definition) is 4. The Bertz CT molecular complexity index is 464. The van der Waals surface area contributed by atoms with Crippen LogP contribution in [-0.2, 0) is 11.2 Å². The zero-order chi connectivity index (χ0) is 14.7. The van der Waals surface area contributed by atoms with Crippen molar-refractivity contribution in [2.75, 3.05) is 6.61 Å². The maximum absolute atomic E-state index is 12.0. The van der Waals surface area contributed by atoms with Gasteiger partial charge in [-0.05, 0) is 38.0 Å². The van der Waals surface area contributed by atoms with Gasteiger partial charge in [0.05, 0.1) is 12.3 Å². The third kappa shape index (κ3) is 3.22. The minimum Gasteiger partial charge on any atom is -0.460 e. The van der Waals surface area contributed by atoms with Crippen LogP contribution >= 0.6 is 0 Å². The molecule has 1 heterocycles. The first-order valence-corrected chi connectivity index (χ1v) is 7.69. The van der Waals surface area contributed by atoms with Crippen molar-refractivity contribution in [3.63, 3.8) is 0 Å². The second-order valence-corrected chi connectivity index (χ2v) is 6.16. The van der Waals surface area contributed by atoms with Gasteiger partial charge in [-0.1, -0.05) is 27.2 Å². The maximum Gasteiger partial charge on any atom is 0.376 e. The Kier molecular flexibility index (Phi) is 4.84. The summed E-state index contributed by atoms with van der Waals surface area (Å²) in [7, 11) is 0. The van der Waals surface area contributed by atoms with Crippen LogP contribution in [0.25, 0.3) is 0 Å². The minimum atomic E-state index is -0.382. The zero-order valence-corrected chi connectivity index (χ0v) is 12.9. The van der Waals surface area contributed by atoms with Gasteiger partial charge in [-0.25, -0.2) is 9.78 Å². The van der Waals surface area contributed by atoms with E-state index in [0.717, 1.165) is 24.4 Å². The Morgan fingerprint density at radius 1 is 1.45 bits per heavy atom. The lowest BCUT2D eigenvalue weighted by atomic mass is 9.98. The lowest BCUT2D eigenvalue weighted by molar-refractivity contribution is 0.0485. The lowest BCUT2D eigenvalue weighted by Gasteiger charge is -2.09. The average molecular weight is 279 g/mol. The predicted molar refractivity (Wildman–Crippen MR) is 76.8 cm³/mol. The molecule has 1 fully saturated rings. The van der Waals surface area contributed by atoms with E-state index in [-0.39, 0.29) is 5.97 Å². The van der Waals surface area contributed by atoms with Crippen LogP contribution in [0.1, 0.15) is 75.0 Å². The summed E-state index contributed by atoms with van der Waals surface area (Å²) in [6.07, 6.45) is 4.27. The summed E-state index contributed by atoms with van der Waals surface area (Å²) in [5, 5.41) is 0. The highest BCUT2D eigenvalue weighted by Gasteiger charge is 2.32. The van der Waals surface area contributed by atoms with Gasteiger partial charge in [0.2, 0.25) is 5.76 Å². The molecule has 2 rings (SSSR count). The lowest BCUT2D eigenvalue weighted by Crippen LogP contribution is -2.08. The fraction of sp³-hybridized carbons (Fsp3) is 0.750. The standard InChI is InChI=1S/C16H25NO3/c1-5-19-16(18)14-13(9-10(2)3)17-15(20-14)12-8-6-7-11(12)4/h10-12H,5-9H2,1-4H3. The number of hydrogen-bond donors (Lipinski definition) is 0. The molecule has 0 amide bonds. The second-order valence-electron chi connectivity index (χ2n) is 6.16. The third-order valence-electron chi connectivity index (χ3n) is 3.95. The van der Waals surface area contributed by atoms with Crippen molar-refractivity contribution in [2.45, 2.75) is 59.3 Å². The number of aromatic nitrogens is 1. The van der Waals surface area contributed by atoms with Crippen LogP contribution in [0.3, 0.4) is 0 Å². The van der Waals surface area contributed by atoms with Crippen molar-refractivity contribution in [3.8, 4) is 0 Å². The van der Waals surface area contributed by atoms with E-state index in [9.17, 15) is 4.79 Å². The first-order valence-electron chi connectivity index (χ1n) is 7.69. The molecular formula is C16H25NO3. The van der Waals surface area contributed by atoms with Crippen molar-refractivity contribution in [1.82, 2.24) is 4.98 Å². The van der Waals surface area contributed by atoms with Gasteiger partial charge < -0.3 is 9.15 Å². The molecule has 0 radical (unpaired) electrons. The van der Waals surface area contributed by atoms with Gasteiger partial charge >= 0.3 is 5.97 Å². The van der Waals surface area contributed by atoms with Crippen LogP contribution in [0.15, 0.2) is 4.42 Å². The van der Waals surface area contributed by atoms with E-state index in [1.165, 1.54) is 12.8 Å². The SMILES string of the molecule is CCOC(=O)c1oc(C2CCCC2C)nc1CC(C)C. The van der Waals surface area contributed by atoms with Crippen molar-refractivity contribution >= 4 is 5.97 Å². The molecular weight excluding hydrogens is 254 g/mol. The molecule has 1 aliphatic carbocycles. The molecule has 20 heavy (non-hydrogen) atoms. The highest BCUT2D eigenvalue weighted by atomic mass is 16.5. The topological polar surface area (TPSA) is 52.3 Å². The molecule has 0 spiro atoms. The highest BCUT2D eigenvalue weighted by Crippen LogP contribution is 2.39. The summed E-state index contributed by atoms with van der Waals surface area (Å²) >= 11 is 0. The predicted octanol–water partition coefficient (Wildman–Crippen LogP) is 3.95. The molecule has 0 aliphatic heterocycles. The number of ether oxygens (including phenoxy) is 1. The summed E-state index contributed by atoms with van der Waals surface area (Å²) in [5.74, 6) is 2.03. The first-order chi connectivity index (χ1) is 9.52. The molecule has 2 atom stereocenters. The van der Waals surface area contributed by atoms with Gasteiger partial charge in [0.1, 0.15) is 0 Å². The van der Waals surface area contributed by atoms with Crippen molar-refractivity contribution < 1.29 is 13.9 Å². The summed E-state index contributed by atoms with van der Waals surface area (Å²) in [5.41, 5.74) is 0.757. The third-order valence-corrected chi connectivity index (χ3v) is 3.95. The fourth-order valence-corrected chi connectivity index (χ4v) is 2.92. The first kappa shape index (κ1) is 15.1. The number of oxazole rings is 1. The van der Waals surface area contributed by atoms with Crippen LogP contribution in [0, 0.1) is 11.8 Å². The molecule has 1 saturated carbocycles. The van der Waals surface area contributed by atoms with E-state index in [0.29, 0.717) is 30.1 Å². The van der Waals surface area contributed by atoms with Gasteiger partial charge in [-0.15, -0.1) is 0 Å². The molecule has 112 valence electrons. The van der Waals surface area contributed by atoms with Crippen molar-refractivity contribution in [2.24, 2.45) is 11.8 Å². The van der Waals surface area contributed by atoms with Crippen LogP contribution in [0.2, 0.25) is 0 Å². The van der Waals surface area contributed by atoms with Crippen LogP contribution in [0.4, 0.5) is 0 Å². The van der Waals surface area contributed by atoms with Crippen molar-refractivity contribution in [3.05, 3.63) is 17.3 Å². The molecule has 4 nitrogen and oxygen atoms in total. The van der Waals surface area contributed by atoms with Gasteiger partial charge in [-0.3, -0.25) is 0 Å². The Balaban J connectivity index is 2.28. The monoisotopic (exact) mass is 279 g/mol. The van der Waals surface area contributed by atoms with E-state index in [4.69, 9.17) is 9.15 Å². The number of esters is 1.